The Morgan fingerprint density at radius 3 is 2.90 bits per heavy atom. The molecule has 6 nitrogen and oxygen atoms in total. The first-order valence-corrected chi connectivity index (χ1v) is 7.39. The van der Waals surface area contributed by atoms with Gasteiger partial charge in [-0.3, -0.25) is 9.40 Å². The highest BCUT2D eigenvalue weighted by Crippen LogP contribution is 2.25. The van der Waals surface area contributed by atoms with E-state index in [4.69, 9.17) is 16.7 Å². The number of sulfonamides is 1. The Bertz CT molecular complexity index is 717. The summed E-state index contributed by atoms with van der Waals surface area (Å²) in [5, 5.41) is 12.6. The lowest BCUT2D eigenvalue weighted by molar-refractivity contribution is 0.269. The molecule has 2 rings (SSSR count). The van der Waals surface area contributed by atoms with Gasteiger partial charge in [0.05, 0.1) is 30.1 Å². The molecule has 2 N–H and O–H groups in total. The van der Waals surface area contributed by atoms with Crippen molar-refractivity contribution in [3.8, 4) is 0 Å². The van der Waals surface area contributed by atoms with Crippen LogP contribution in [-0.4, -0.2) is 29.9 Å². The van der Waals surface area contributed by atoms with Gasteiger partial charge < -0.3 is 5.11 Å². The van der Waals surface area contributed by atoms with E-state index >= 15 is 0 Å². The molecular weight excluding hydrogens is 309 g/mol. The van der Waals surface area contributed by atoms with Crippen LogP contribution >= 0.6 is 11.6 Å². The van der Waals surface area contributed by atoms with Crippen molar-refractivity contribution in [3.05, 3.63) is 41.4 Å². The van der Waals surface area contributed by atoms with Crippen LogP contribution < -0.4 is 4.72 Å². The fourth-order valence-electron chi connectivity index (χ4n) is 1.49. The van der Waals surface area contributed by atoms with Gasteiger partial charge in [-0.05, 0) is 18.2 Å². The smallest absolute Gasteiger partial charge is 0.265 e. The standard InChI is InChI=1S/C11H11ClFN3O3S/c12-10-2-1-8(13)5-11(10)15-20(18,19)9-6-14-16(7-9)3-4-17/h1-2,5-7,15,17H,3-4H2. The van der Waals surface area contributed by atoms with Crippen LogP contribution in [0.1, 0.15) is 0 Å². The number of hydrogen-bond acceptors (Lipinski definition) is 4. The monoisotopic (exact) mass is 319 g/mol. The minimum absolute atomic E-state index is 0.0541. The van der Waals surface area contributed by atoms with Gasteiger partial charge in [0.2, 0.25) is 0 Å². The maximum absolute atomic E-state index is 13.1. The molecule has 0 unspecified atom stereocenters. The zero-order chi connectivity index (χ0) is 14.8. The zero-order valence-electron chi connectivity index (χ0n) is 10.1. The molecule has 9 heteroatoms. The summed E-state index contributed by atoms with van der Waals surface area (Å²) in [5.41, 5.74) is -0.0541. The minimum Gasteiger partial charge on any atom is -0.394 e. The molecule has 0 fully saturated rings. The Morgan fingerprint density at radius 1 is 1.45 bits per heavy atom. The first kappa shape index (κ1) is 14.8. The van der Waals surface area contributed by atoms with Gasteiger partial charge >= 0.3 is 0 Å². The molecule has 0 amide bonds. The summed E-state index contributed by atoms with van der Waals surface area (Å²) in [5.74, 6) is -0.608. The third-order valence-corrected chi connectivity index (χ3v) is 4.07. The third-order valence-electron chi connectivity index (χ3n) is 2.42. The Labute approximate surface area is 119 Å². The van der Waals surface area contributed by atoms with Crippen molar-refractivity contribution in [1.29, 1.82) is 0 Å². The molecule has 20 heavy (non-hydrogen) atoms. The summed E-state index contributed by atoms with van der Waals surface area (Å²) in [4.78, 5) is -0.105. The number of nitrogens with one attached hydrogen (secondary N) is 1. The SMILES string of the molecule is O=S(=O)(Nc1cc(F)ccc1Cl)c1cnn(CCO)c1. The lowest BCUT2D eigenvalue weighted by atomic mass is 10.3. The van der Waals surface area contributed by atoms with Crippen molar-refractivity contribution in [2.75, 3.05) is 11.3 Å². The van der Waals surface area contributed by atoms with E-state index in [1.807, 2.05) is 0 Å². The average molecular weight is 320 g/mol. The Morgan fingerprint density at radius 2 is 2.20 bits per heavy atom. The molecule has 0 aliphatic carbocycles. The average Bonchev–Trinajstić information content (AvgIpc) is 2.83. The first-order valence-electron chi connectivity index (χ1n) is 5.53. The van der Waals surface area contributed by atoms with Gasteiger partial charge in [0.1, 0.15) is 10.7 Å². The second-order valence-electron chi connectivity index (χ2n) is 3.89. The molecule has 2 aromatic rings. The molecule has 0 bridgehead atoms. The second kappa shape index (κ2) is 5.78. The van der Waals surface area contributed by atoms with Crippen molar-refractivity contribution in [1.82, 2.24) is 9.78 Å². The Balaban J connectivity index is 2.28. The molecule has 0 spiro atoms. The van der Waals surface area contributed by atoms with E-state index in [0.29, 0.717) is 0 Å². The number of rotatable bonds is 5. The molecule has 1 aromatic carbocycles. The van der Waals surface area contributed by atoms with Crippen molar-refractivity contribution in [2.45, 2.75) is 11.4 Å². The lowest BCUT2D eigenvalue weighted by Gasteiger charge is -2.08. The number of nitrogens with zero attached hydrogens (tertiary/aromatic N) is 2. The molecule has 0 aliphatic rings. The van der Waals surface area contributed by atoms with Gasteiger partial charge in [-0.15, -0.1) is 0 Å². The normalized spacial score (nSPS) is 11.6. The van der Waals surface area contributed by atoms with Crippen molar-refractivity contribution in [3.63, 3.8) is 0 Å². The molecule has 0 atom stereocenters. The molecule has 108 valence electrons. The maximum Gasteiger partial charge on any atom is 0.265 e. The van der Waals surface area contributed by atoms with Gasteiger partial charge in [-0.25, -0.2) is 12.8 Å². The molecular formula is C11H11ClFN3O3S. The number of halogens is 2. The molecule has 1 heterocycles. The van der Waals surface area contributed by atoms with Gasteiger partial charge in [0.25, 0.3) is 10.0 Å². The Hall–Kier alpha value is -1.64. The first-order chi connectivity index (χ1) is 9.42. The summed E-state index contributed by atoms with van der Waals surface area (Å²) in [6, 6.07) is 3.36. The van der Waals surface area contributed by atoms with Crippen LogP contribution in [0.25, 0.3) is 0 Å². The predicted octanol–water partition coefficient (Wildman–Crippen LogP) is 1.47. The van der Waals surface area contributed by atoms with Gasteiger partial charge in [-0.1, -0.05) is 11.6 Å². The van der Waals surface area contributed by atoms with Gasteiger partial charge in [0.15, 0.2) is 0 Å². The Kier molecular flexibility index (Phi) is 4.26. The molecule has 0 radical (unpaired) electrons. The summed E-state index contributed by atoms with van der Waals surface area (Å²) in [6.07, 6.45) is 2.39. The molecule has 1 aromatic heterocycles. The fourth-order valence-corrected chi connectivity index (χ4v) is 2.73. The van der Waals surface area contributed by atoms with Gasteiger partial charge in [-0.2, -0.15) is 5.10 Å². The molecule has 0 saturated carbocycles. The third kappa shape index (κ3) is 3.27. The van der Waals surface area contributed by atoms with Crippen LogP contribution in [0.4, 0.5) is 10.1 Å². The number of hydrogen-bond donors (Lipinski definition) is 2. The maximum atomic E-state index is 13.1. The van der Waals surface area contributed by atoms with Crippen molar-refractivity contribution in [2.24, 2.45) is 0 Å². The van der Waals surface area contributed by atoms with E-state index in [0.717, 1.165) is 18.3 Å². The lowest BCUT2D eigenvalue weighted by Crippen LogP contribution is -2.13. The quantitative estimate of drug-likeness (QED) is 0.874. The number of aromatic nitrogens is 2. The summed E-state index contributed by atoms with van der Waals surface area (Å²) in [7, 11) is -3.92. The highest BCUT2D eigenvalue weighted by Gasteiger charge is 2.18. The largest absolute Gasteiger partial charge is 0.394 e. The van der Waals surface area contributed by atoms with Crippen molar-refractivity contribution >= 4 is 27.3 Å². The predicted molar refractivity (Wildman–Crippen MR) is 71.5 cm³/mol. The van der Waals surface area contributed by atoms with Crippen molar-refractivity contribution < 1.29 is 17.9 Å². The number of aliphatic hydroxyl groups excluding tert-OH is 1. The zero-order valence-corrected chi connectivity index (χ0v) is 11.7. The van der Waals surface area contributed by atoms with Crippen LogP contribution in [-0.2, 0) is 16.6 Å². The highest BCUT2D eigenvalue weighted by atomic mass is 35.5. The van der Waals surface area contributed by atoms with Gasteiger partial charge in [0, 0.05) is 6.20 Å². The molecule has 0 saturated heterocycles. The van der Waals surface area contributed by atoms with E-state index in [1.54, 1.807) is 0 Å². The topological polar surface area (TPSA) is 84.2 Å². The van der Waals surface area contributed by atoms with Crippen LogP contribution in [0.15, 0.2) is 35.5 Å². The van der Waals surface area contributed by atoms with Crippen LogP contribution in [0.5, 0.6) is 0 Å². The molecule has 0 aliphatic heterocycles. The van der Waals surface area contributed by atoms with E-state index < -0.39 is 15.8 Å². The number of benzene rings is 1. The minimum atomic E-state index is -3.92. The van der Waals surface area contributed by atoms with E-state index in [-0.39, 0.29) is 28.8 Å². The highest BCUT2D eigenvalue weighted by molar-refractivity contribution is 7.92. The fraction of sp³-hybridized carbons (Fsp3) is 0.182. The second-order valence-corrected chi connectivity index (χ2v) is 5.98. The summed E-state index contributed by atoms with van der Waals surface area (Å²) >= 11 is 5.80. The summed E-state index contributed by atoms with van der Waals surface area (Å²) in [6.45, 7) is 0.0144. The number of anilines is 1. The van der Waals surface area contributed by atoms with E-state index in [2.05, 4.69) is 9.82 Å². The van der Waals surface area contributed by atoms with Crippen LogP contribution in [0.2, 0.25) is 5.02 Å². The van der Waals surface area contributed by atoms with E-state index in [1.165, 1.54) is 16.9 Å². The van der Waals surface area contributed by atoms with Crippen LogP contribution in [0, 0.1) is 5.82 Å². The summed E-state index contributed by atoms with van der Waals surface area (Å²) < 4.78 is 40.7. The van der Waals surface area contributed by atoms with Crippen LogP contribution in [0.3, 0.4) is 0 Å². The number of aliphatic hydroxyl groups is 1. The van der Waals surface area contributed by atoms with E-state index in [9.17, 15) is 12.8 Å².